The first-order valence-corrected chi connectivity index (χ1v) is 7.25. The van der Waals surface area contributed by atoms with Crippen molar-refractivity contribution >= 4 is 29.4 Å². The molecule has 0 aromatic heterocycles. The van der Waals surface area contributed by atoms with Crippen molar-refractivity contribution in [3.8, 4) is 0 Å². The van der Waals surface area contributed by atoms with Gasteiger partial charge in [-0.25, -0.2) is 4.79 Å². The van der Waals surface area contributed by atoms with Gasteiger partial charge in [-0.15, -0.1) is 0 Å². The largest absolute Gasteiger partial charge is 0.394 e. The third-order valence-electron chi connectivity index (χ3n) is 4.10. The number of benzene rings is 1. The fourth-order valence-electron chi connectivity index (χ4n) is 2.87. The Morgan fingerprint density at radius 3 is 2.70 bits per heavy atom. The first-order valence-electron chi connectivity index (χ1n) is 6.87. The van der Waals surface area contributed by atoms with E-state index in [0.29, 0.717) is 10.6 Å². The van der Waals surface area contributed by atoms with E-state index in [-0.39, 0.29) is 19.0 Å². The molecule has 4 amide bonds. The molecule has 0 bridgehead atoms. The first kappa shape index (κ1) is 15.7. The first-order chi connectivity index (χ1) is 10.9. The number of rotatable bonds is 4. The number of hydrogen-bond acceptors (Lipinski definition) is 5. The van der Waals surface area contributed by atoms with Gasteiger partial charge in [0.05, 0.1) is 13.2 Å². The summed E-state index contributed by atoms with van der Waals surface area (Å²) in [5.74, 6) is -1.15. The minimum Gasteiger partial charge on any atom is -0.394 e. The summed E-state index contributed by atoms with van der Waals surface area (Å²) in [5.41, 5.74) is -0.638. The number of fused-ring (bicyclic) bond motifs is 1. The van der Waals surface area contributed by atoms with Crippen LogP contribution in [0.2, 0.25) is 5.02 Å². The highest BCUT2D eigenvalue weighted by Crippen LogP contribution is 2.28. The summed E-state index contributed by atoms with van der Waals surface area (Å²) in [6.07, 6.45) is -1.55. The van der Waals surface area contributed by atoms with Crippen molar-refractivity contribution in [1.82, 2.24) is 15.5 Å². The van der Waals surface area contributed by atoms with Crippen LogP contribution in [0, 0.1) is 0 Å². The number of nitrogens with one attached hydrogen (secondary N) is 2. The second kappa shape index (κ2) is 5.48. The SMILES string of the molecule is O=C1NC(=O)[C@](CN2Cc3ccc(Cl)cc3C2=O)([C@H](O)CO)N1. The highest BCUT2D eigenvalue weighted by molar-refractivity contribution is 6.31. The maximum absolute atomic E-state index is 12.5. The Kier molecular flexibility index (Phi) is 3.75. The van der Waals surface area contributed by atoms with Crippen LogP contribution in [0.25, 0.3) is 0 Å². The average molecular weight is 340 g/mol. The lowest BCUT2D eigenvalue weighted by Crippen LogP contribution is -2.63. The molecule has 0 saturated carbocycles. The Hall–Kier alpha value is -2.16. The molecule has 4 N–H and O–H groups in total. The van der Waals surface area contributed by atoms with Gasteiger partial charge < -0.3 is 20.4 Å². The Bertz CT molecular complexity index is 710. The molecule has 0 radical (unpaired) electrons. The lowest BCUT2D eigenvalue weighted by atomic mass is 9.92. The van der Waals surface area contributed by atoms with Crippen molar-refractivity contribution in [3.63, 3.8) is 0 Å². The van der Waals surface area contributed by atoms with Gasteiger partial charge in [-0.1, -0.05) is 17.7 Å². The van der Waals surface area contributed by atoms with Crippen molar-refractivity contribution in [2.24, 2.45) is 0 Å². The number of halogens is 1. The van der Waals surface area contributed by atoms with Crippen LogP contribution in [0.1, 0.15) is 15.9 Å². The van der Waals surface area contributed by atoms with E-state index in [1.165, 1.54) is 11.0 Å². The zero-order chi connectivity index (χ0) is 16.8. The van der Waals surface area contributed by atoms with Crippen molar-refractivity contribution < 1.29 is 24.6 Å². The summed E-state index contributed by atoms with van der Waals surface area (Å²) in [6, 6.07) is 4.11. The van der Waals surface area contributed by atoms with Crippen LogP contribution in [0.4, 0.5) is 4.79 Å². The van der Waals surface area contributed by atoms with Gasteiger partial charge in [0.25, 0.3) is 11.8 Å². The van der Waals surface area contributed by atoms with Crippen molar-refractivity contribution in [2.45, 2.75) is 18.2 Å². The molecule has 9 heteroatoms. The van der Waals surface area contributed by atoms with Crippen molar-refractivity contribution in [2.75, 3.05) is 13.2 Å². The van der Waals surface area contributed by atoms with E-state index in [1.807, 2.05) is 5.32 Å². The maximum atomic E-state index is 12.5. The zero-order valence-electron chi connectivity index (χ0n) is 11.9. The van der Waals surface area contributed by atoms with Gasteiger partial charge in [-0.3, -0.25) is 14.9 Å². The molecule has 2 aliphatic heterocycles. The number of carbonyl (C=O) groups is 3. The van der Waals surface area contributed by atoms with Crippen LogP contribution in [-0.2, 0) is 11.3 Å². The molecule has 1 aromatic carbocycles. The summed E-state index contributed by atoms with van der Waals surface area (Å²) in [7, 11) is 0. The van der Waals surface area contributed by atoms with Crippen LogP contribution in [0.3, 0.4) is 0 Å². The number of hydrogen-bond donors (Lipinski definition) is 4. The normalized spacial score (nSPS) is 24.5. The fourth-order valence-corrected chi connectivity index (χ4v) is 3.05. The highest BCUT2D eigenvalue weighted by atomic mass is 35.5. The van der Waals surface area contributed by atoms with Crippen LogP contribution >= 0.6 is 11.6 Å². The predicted molar refractivity (Wildman–Crippen MR) is 78.7 cm³/mol. The van der Waals surface area contributed by atoms with Crippen molar-refractivity contribution in [3.05, 3.63) is 34.3 Å². The third kappa shape index (κ3) is 2.44. The van der Waals surface area contributed by atoms with Gasteiger partial charge >= 0.3 is 6.03 Å². The van der Waals surface area contributed by atoms with E-state index in [2.05, 4.69) is 5.32 Å². The standard InChI is InChI=1S/C14H14ClN3O5/c15-8-2-1-7-4-18(11(21)9(7)3-8)6-14(10(20)5-19)12(22)16-13(23)17-14/h1-3,10,19-20H,4-6H2,(H2,16,17,22,23)/t10-,14+/m1/s1. The lowest BCUT2D eigenvalue weighted by molar-refractivity contribution is -0.130. The molecule has 1 fully saturated rings. The zero-order valence-corrected chi connectivity index (χ0v) is 12.6. The highest BCUT2D eigenvalue weighted by Gasteiger charge is 2.53. The molecule has 2 heterocycles. The van der Waals surface area contributed by atoms with Crippen LogP contribution in [0.5, 0.6) is 0 Å². The second-order valence-electron chi connectivity index (χ2n) is 5.54. The Morgan fingerprint density at radius 2 is 2.09 bits per heavy atom. The lowest BCUT2D eigenvalue weighted by Gasteiger charge is -2.33. The van der Waals surface area contributed by atoms with E-state index in [0.717, 1.165) is 5.56 Å². The molecular weight excluding hydrogens is 326 g/mol. The molecule has 3 rings (SSSR count). The monoisotopic (exact) mass is 339 g/mol. The van der Waals surface area contributed by atoms with Crippen LogP contribution in [-0.4, -0.2) is 57.8 Å². The maximum Gasteiger partial charge on any atom is 0.322 e. The summed E-state index contributed by atoms with van der Waals surface area (Å²) < 4.78 is 0. The number of nitrogens with zero attached hydrogens (tertiary/aromatic N) is 1. The number of imide groups is 1. The number of aliphatic hydroxyl groups is 2. The molecule has 1 aromatic rings. The molecule has 8 nitrogen and oxygen atoms in total. The molecule has 2 aliphatic rings. The molecule has 23 heavy (non-hydrogen) atoms. The number of aliphatic hydroxyl groups excluding tert-OH is 2. The molecule has 1 saturated heterocycles. The molecular formula is C14H14ClN3O5. The van der Waals surface area contributed by atoms with Gasteiger partial charge in [0.15, 0.2) is 5.54 Å². The van der Waals surface area contributed by atoms with E-state index < -0.39 is 30.2 Å². The van der Waals surface area contributed by atoms with Gasteiger partial charge in [0, 0.05) is 17.1 Å². The minimum atomic E-state index is -1.78. The fraction of sp³-hybridized carbons (Fsp3) is 0.357. The summed E-state index contributed by atoms with van der Waals surface area (Å²) in [6.45, 7) is -0.791. The van der Waals surface area contributed by atoms with E-state index in [4.69, 9.17) is 11.6 Å². The number of carbonyl (C=O) groups excluding carboxylic acids is 3. The number of amides is 4. The van der Waals surface area contributed by atoms with E-state index in [9.17, 15) is 24.6 Å². The molecule has 0 aliphatic carbocycles. The van der Waals surface area contributed by atoms with Gasteiger partial charge in [-0.2, -0.15) is 0 Å². The minimum absolute atomic E-state index is 0.217. The van der Waals surface area contributed by atoms with Gasteiger partial charge in [0.2, 0.25) is 0 Å². The van der Waals surface area contributed by atoms with Crippen LogP contribution < -0.4 is 10.6 Å². The molecule has 122 valence electrons. The Balaban J connectivity index is 1.90. The van der Waals surface area contributed by atoms with E-state index >= 15 is 0 Å². The van der Waals surface area contributed by atoms with Gasteiger partial charge in [-0.05, 0) is 17.7 Å². The third-order valence-corrected chi connectivity index (χ3v) is 4.34. The Labute approximate surface area is 136 Å². The Morgan fingerprint density at radius 1 is 1.35 bits per heavy atom. The summed E-state index contributed by atoms with van der Waals surface area (Å²) in [4.78, 5) is 37.3. The molecule has 0 spiro atoms. The summed E-state index contributed by atoms with van der Waals surface area (Å²) in [5, 5.41) is 24.0. The average Bonchev–Trinajstić information content (AvgIpc) is 2.97. The summed E-state index contributed by atoms with van der Waals surface area (Å²) >= 11 is 5.88. The smallest absolute Gasteiger partial charge is 0.322 e. The second-order valence-corrected chi connectivity index (χ2v) is 5.98. The predicted octanol–water partition coefficient (Wildman–Crippen LogP) is -0.773. The quantitative estimate of drug-likeness (QED) is 0.537. The number of urea groups is 1. The van der Waals surface area contributed by atoms with Crippen molar-refractivity contribution in [1.29, 1.82) is 0 Å². The van der Waals surface area contributed by atoms with E-state index in [1.54, 1.807) is 12.1 Å². The molecule has 0 unspecified atom stereocenters. The topological polar surface area (TPSA) is 119 Å². The molecule has 2 atom stereocenters. The van der Waals surface area contributed by atoms with Crippen LogP contribution in [0.15, 0.2) is 18.2 Å². The van der Waals surface area contributed by atoms with Gasteiger partial charge in [0.1, 0.15) is 6.10 Å².